The standard InChI is InChI=1S/C13H17N5OS/c1-4-19-13-17-11(14-2)16-12(18-13)15-9-7-5-6-8-10(9)20-3/h5-8H,4H2,1-3H3,(H2,14,15,16,17,18). The van der Waals surface area contributed by atoms with Gasteiger partial charge in [0.05, 0.1) is 12.3 Å². The summed E-state index contributed by atoms with van der Waals surface area (Å²) in [6, 6.07) is 8.28. The molecule has 0 saturated carbocycles. The minimum Gasteiger partial charge on any atom is -0.464 e. The van der Waals surface area contributed by atoms with E-state index in [0.717, 1.165) is 10.6 Å². The number of nitrogens with one attached hydrogen (secondary N) is 2. The van der Waals surface area contributed by atoms with Crippen LogP contribution >= 0.6 is 11.8 Å². The van der Waals surface area contributed by atoms with Crippen molar-refractivity contribution in [3.63, 3.8) is 0 Å². The molecule has 106 valence electrons. The number of hydrogen-bond donors (Lipinski definition) is 2. The Balaban J connectivity index is 2.30. The number of hydrogen-bond acceptors (Lipinski definition) is 7. The van der Waals surface area contributed by atoms with Gasteiger partial charge in [-0.25, -0.2) is 0 Å². The predicted octanol–water partition coefficient (Wildman–Crippen LogP) is 2.78. The summed E-state index contributed by atoms with van der Waals surface area (Å²) in [7, 11) is 1.75. The maximum atomic E-state index is 5.34. The molecule has 6 nitrogen and oxygen atoms in total. The van der Waals surface area contributed by atoms with Gasteiger partial charge in [-0.3, -0.25) is 0 Å². The fourth-order valence-electron chi connectivity index (χ4n) is 1.59. The van der Waals surface area contributed by atoms with Crippen LogP contribution in [-0.4, -0.2) is 34.9 Å². The highest BCUT2D eigenvalue weighted by Gasteiger charge is 2.08. The number of thioether (sulfide) groups is 1. The van der Waals surface area contributed by atoms with E-state index in [1.165, 1.54) is 0 Å². The van der Waals surface area contributed by atoms with Crippen LogP contribution in [0.1, 0.15) is 6.92 Å². The van der Waals surface area contributed by atoms with E-state index in [1.807, 2.05) is 37.4 Å². The lowest BCUT2D eigenvalue weighted by atomic mass is 10.3. The lowest BCUT2D eigenvalue weighted by molar-refractivity contribution is 0.312. The van der Waals surface area contributed by atoms with Crippen LogP contribution < -0.4 is 15.4 Å². The molecular formula is C13H17N5OS. The van der Waals surface area contributed by atoms with Crippen LogP contribution in [0.5, 0.6) is 6.01 Å². The van der Waals surface area contributed by atoms with E-state index >= 15 is 0 Å². The minimum absolute atomic E-state index is 0.302. The Hall–Kier alpha value is -2.02. The zero-order valence-electron chi connectivity index (χ0n) is 11.7. The largest absolute Gasteiger partial charge is 0.464 e. The van der Waals surface area contributed by atoms with E-state index in [-0.39, 0.29) is 0 Å². The molecule has 0 saturated heterocycles. The van der Waals surface area contributed by atoms with Crippen molar-refractivity contribution in [2.75, 3.05) is 30.5 Å². The van der Waals surface area contributed by atoms with Gasteiger partial charge in [0, 0.05) is 11.9 Å². The number of anilines is 3. The summed E-state index contributed by atoms with van der Waals surface area (Å²) < 4.78 is 5.34. The lowest BCUT2D eigenvalue weighted by Gasteiger charge is -2.10. The van der Waals surface area contributed by atoms with E-state index in [1.54, 1.807) is 18.8 Å². The second kappa shape index (κ2) is 6.95. The molecule has 0 spiro atoms. The first-order valence-electron chi connectivity index (χ1n) is 6.23. The first-order valence-corrected chi connectivity index (χ1v) is 7.46. The van der Waals surface area contributed by atoms with Gasteiger partial charge in [-0.05, 0) is 25.3 Å². The summed E-state index contributed by atoms with van der Waals surface area (Å²) in [4.78, 5) is 13.8. The van der Waals surface area contributed by atoms with E-state index < -0.39 is 0 Å². The number of nitrogens with zero attached hydrogens (tertiary/aromatic N) is 3. The van der Waals surface area contributed by atoms with Gasteiger partial charge in [-0.1, -0.05) is 12.1 Å². The van der Waals surface area contributed by atoms with Crippen LogP contribution in [0.25, 0.3) is 0 Å². The molecule has 0 aliphatic heterocycles. The number of para-hydroxylation sites is 1. The Morgan fingerprint density at radius 3 is 2.60 bits per heavy atom. The SMILES string of the molecule is CCOc1nc(NC)nc(Nc2ccccc2SC)n1. The van der Waals surface area contributed by atoms with Crippen molar-refractivity contribution in [2.45, 2.75) is 11.8 Å². The van der Waals surface area contributed by atoms with Crippen molar-refractivity contribution >= 4 is 29.3 Å². The molecule has 0 atom stereocenters. The third-order valence-corrected chi connectivity index (χ3v) is 3.26. The summed E-state index contributed by atoms with van der Waals surface area (Å²) in [5, 5.41) is 6.09. The summed E-state index contributed by atoms with van der Waals surface area (Å²) in [5.74, 6) is 0.918. The average molecular weight is 291 g/mol. The molecule has 0 bridgehead atoms. The summed E-state index contributed by atoms with van der Waals surface area (Å²) in [6.45, 7) is 2.40. The zero-order chi connectivity index (χ0) is 14.4. The summed E-state index contributed by atoms with van der Waals surface area (Å²) in [5.41, 5.74) is 0.954. The van der Waals surface area contributed by atoms with Gasteiger partial charge < -0.3 is 15.4 Å². The number of aromatic nitrogens is 3. The van der Waals surface area contributed by atoms with Crippen LogP contribution in [0, 0.1) is 0 Å². The van der Waals surface area contributed by atoms with Crippen LogP contribution in [0.3, 0.4) is 0 Å². The van der Waals surface area contributed by atoms with E-state index in [2.05, 4.69) is 25.6 Å². The van der Waals surface area contributed by atoms with E-state index in [0.29, 0.717) is 24.5 Å². The van der Waals surface area contributed by atoms with Gasteiger partial charge in [0.2, 0.25) is 11.9 Å². The van der Waals surface area contributed by atoms with Crippen molar-refractivity contribution < 1.29 is 4.74 Å². The molecule has 1 heterocycles. The minimum atomic E-state index is 0.302. The predicted molar refractivity (Wildman–Crippen MR) is 82.0 cm³/mol. The smallest absolute Gasteiger partial charge is 0.323 e. The molecule has 20 heavy (non-hydrogen) atoms. The highest BCUT2D eigenvalue weighted by Crippen LogP contribution is 2.27. The Kier molecular flexibility index (Phi) is 5.00. The van der Waals surface area contributed by atoms with Crippen molar-refractivity contribution in [3.8, 4) is 6.01 Å². The van der Waals surface area contributed by atoms with Crippen molar-refractivity contribution in [1.82, 2.24) is 15.0 Å². The Bertz CT molecular complexity index is 578. The number of ether oxygens (including phenoxy) is 1. The molecule has 1 aromatic carbocycles. The van der Waals surface area contributed by atoms with Gasteiger partial charge in [0.1, 0.15) is 0 Å². The number of benzene rings is 1. The maximum absolute atomic E-state index is 5.34. The molecular weight excluding hydrogens is 274 g/mol. The monoisotopic (exact) mass is 291 g/mol. The van der Waals surface area contributed by atoms with E-state index in [9.17, 15) is 0 Å². The van der Waals surface area contributed by atoms with Gasteiger partial charge in [-0.15, -0.1) is 11.8 Å². The van der Waals surface area contributed by atoms with Gasteiger partial charge >= 0.3 is 6.01 Å². The fourth-order valence-corrected chi connectivity index (χ4v) is 2.14. The highest BCUT2D eigenvalue weighted by molar-refractivity contribution is 7.98. The maximum Gasteiger partial charge on any atom is 0.323 e. The van der Waals surface area contributed by atoms with Gasteiger partial charge in [0.15, 0.2) is 0 Å². The van der Waals surface area contributed by atoms with Gasteiger partial charge in [-0.2, -0.15) is 15.0 Å². The van der Waals surface area contributed by atoms with Crippen LogP contribution in [-0.2, 0) is 0 Å². The molecule has 0 aliphatic carbocycles. The molecule has 2 aromatic rings. The van der Waals surface area contributed by atoms with Gasteiger partial charge in [0.25, 0.3) is 0 Å². The summed E-state index contributed by atoms with van der Waals surface area (Å²) >= 11 is 1.66. The van der Waals surface area contributed by atoms with Crippen LogP contribution in [0.4, 0.5) is 17.6 Å². The third kappa shape index (κ3) is 3.51. The first kappa shape index (κ1) is 14.4. The summed E-state index contributed by atoms with van der Waals surface area (Å²) in [6.07, 6.45) is 2.03. The molecule has 2 rings (SSSR count). The second-order valence-corrected chi connectivity index (χ2v) is 4.62. The highest BCUT2D eigenvalue weighted by atomic mass is 32.2. The molecule has 0 aliphatic rings. The third-order valence-electron chi connectivity index (χ3n) is 2.47. The van der Waals surface area contributed by atoms with Crippen LogP contribution in [0.2, 0.25) is 0 Å². The molecule has 0 amide bonds. The lowest BCUT2D eigenvalue weighted by Crippen LogP contribution is -2.07. The molecule has 1 aromatic heterocycles. The molecule has 2 N–H and O–H groups in total. The Morgan fingerprint density at radius 2 is 1.90 bits per heavy atom. The quantitative estimate of drug-likeness (QED) is 0.793. The molecule has 7 heteroatoms. The normalized spacial score (nSPS) is 10.2. The second-order valence-electron chi connectivity index (χ2n) is 3.77. The van der Waals surface area contributed by atoms with Crippen LogP contribution in [0.15, 0.2) is 29.2 Å². The topological polar surface area (TPSA) is 72.0 Å². The first-order chi connectivity index (χ1) is 9.76. The van der Waals surface area contributed by atoms with Crippen molar-refractivity contribution in [1.29, 1.82) is 0 Å². The van der Waals surface area contributed by atoms with Crippen molar-refractivity contribution in [2.24, 2.45) is 0 Å². The number of rotatable bonds is 6. The average Bonchev–Trinajstić information content (AvgIpc) is 2.48. The molecule has 0 radical (unpaired) electrons. The fraction of sp³-hybridized carbons (Fsp3) is 0.308. The molecule has 0 unspecified atom stereocenters. The van der Waals surface area contributed by atoms with Crippen molar-refractivity contribution in [3.05, 3.63) is 24.3 Å². The Labute approximate surface area is 122 Å². The molecule has 0 fully saturated rings. The Morgan fingerprint density at radius 1 is 1.15 bits per heavy atom. The van der Waals surface area contributed by atoms with E-state index in [4.69, 9.17) is 4.74 Å². The zero-order valence-corrected chi connectivity index (χ0v) is 12.5.